The fourth-order valence-electron chi connectivity index (χ4n) is 1.71. The van der Waals surface area contributed by atoms with Crippen molar-refractivity contribution in [3.8, 4) is 11.1 Å². The maximum atomic E-state index is 13.1. The molecule has 0 aliphatic carbocycles. The van der Waals surface area contributed by atoms with Crippen LogP contribution in [0.3, 0.4) is 0 Å². The third kappa shape index (κ3) is 2.24. The lowest BCUT2D eigenvalue weighted by Crippen LogP contribution is -2.04. The molecule has 0 spiro atoms. The molecule has 0 aliphatic rings. The van der Waals surface area contributed by atoms with Crippen molar-refractivity contribution < 1.29 is 23.1 Å². The molecule has 0 saturated heterocycles. The van der Waals surface area contributed by atoms with Gasteiger partial charge in [-0.2, -0.15) is 0 Å². The molecule has 0 heterocycles. The van der Waals surface area contributed by atoms with Crippen LogP contribution in [0.25, 0.3) is 11.1 Å². The summed E-state index contributed by atoms with van der Waals surface area (Å²) >= 11 is 0. The molecule has 0 aromatic heterocycles. The number of benzene rings is 2. The SMILES string of the molecule is Nc1c(C(=O)O)cccc1-c1cc(F)c(F)c(F)c1. The normalized spacial score (nSPS) is 10.5. The molecule has 0 radical (unpaired) electrons. The zero-order valence-electron chi connectivity index (χ0n) is 9.45. The van der Waals surface area contributed by atoms with Crippen LogP contribution >= 0.6 is 0 Å². The Morgan fingerprint density at radius 3 is 2.21 bits per heavy atom. The van der Waals surface area contributed by atoms with Gasteiger partial charge in [0, 0.05) is 5.56 Å². The lowest BCUT2D eigenvalue weighted by molar-refractivity contribution is 0.0698. The van der Waals surface area contributed by atoms with Crippen LogP contribution in [0, 0.1) is 17.5 Å². The fraction of sp³-hybridized carbons (Fsp3) is 0. The summed E-state index contributed by atoms with van der Waals surface area (Å²) in [5.74, 6) is -5.58. The predicted octanol–water partition coefficient (Wildman–Crippen LogP) is 3.05. The number of hydrogen-bond donors (Lipinski definition) is 2. The minimum Gasteiger partial charge on any atom is -0.478 e. The Kier molecular flexibility index (Phi) is 3.16. The largest absolute Gasteiger partial charge is 0.478 e. The summed E-state index contributed by atoms with van der Waals surface area (Å²) in [6, 6.07) is 5.56. The zero-order valence-corrected chi connectivity index (χ0v) is 9.45. The number of carboxylic acids is 1. The lowest BCUT2D eigenvalue weighted by Gasteiger charge is -2.09. The summed E-state index contributed by atoms with van der Waals surface area (Å²) < 4.78 is 39.1. The predicted molar refractivity (Wildman–Crippen MR) is 63.1 cm³/mol. The molecule has 2 rings (SSSR count). The third-order valence-electron chi connectivity index (χ3n) is 2.63. The van der Waals surface area contributed by atoms with Crippen LogP contribution in [0.5, 0.6) is 0 Å². The molecule has 19 heavy (non-hydrogen) atoms. The molecule has 98 valence electrons. The Labute approximate surface area is 106 Å². The maximum absolute atomic E-state index is 13.1. The number of nitrogen functional groups attached to an aromatic ring is 1. The smallest absolute Gasteiger partial charge is 0.337 e. The van der Waals surface area contributed by atoms with Gasteiger partial charge in [-0.25, -0.2) is 18.0 Å². The number of halogens is 3. The second-order valence-corrected chi connectivity index (χ2v) is 3.83. The van der Waals surface area contributed by atoms with Crippen molar-refractivity contribution >= 4 is 11.7 Å². The molecule has 0 unspecified atom stereocenters. The van der Waals surface area contributed by atoms with Crippen molar-refractivity contribution in [3.63, 3.8) is 0 Å². The average Bonchev–Trinajstić information content (AvgIpc) is 2.35. The highest BCUT2D eigenvalue weighted by Gasteiger charge is 2.16. The average molecular weight is 267 g/mol. The highest BCUT2D eigenvalue weighted by atomic mass is 19.2. The minimum absolute atomic E-state index is 0.0306. The van der Waals surface area contributed by atoms with Crippen LogP contribution in [0.4, 0.5) is 18.9 Å². The topological polar surface area (TPSA) is 63.3 Å². The number of anilines is 1. The van der Waals surface area contributed by atoms with E-state index >= 15 is 0 Å². The van der Waals surface area contributed by atoms with Gasteiger partial charge in [0.25, 0.3) is 0 Å². The van der Waals surface area contributed by atoms with Crippen LogP contribution in [0.2, 0.25) is 0 Å². The van der Waals surface area contributed by atoms with Crippen LogP contribution in [0.15, 0.2) is 30.3 Å². The molecule has 0 aliphatic heterocycles. The Morgan fingerprint density at radius 1 is 1.11 bits per heavy atom. The van der Waals surface area contributed by atoms with E-state index in [4.69, 9.17) is 10.8 Å². The van der Waals surface area contributed by atoms with Crippen LogP contribution in [-0.2, 0) is 0 Å². The molecule has 6 heteroatoms. The van der Waals surface area contributed by atoms with Crippen LogP contribution < -0.4 is 5.73 Å². The van der Waals surface area contributed by atoms with Gasteiger partial charge in [-0.05, 0) is 23.8 Å². The molecule has 3 N–H and O–H groups in total. The Bertz CT molecular complexity index is 648. The van der Waals surface area contributed by atoms with E-state index < -0.39 is 23.4 Å². The van der Waals surface area contributed by atoms with Crippen molar-refractivity contribution in [2.75, 3.05) is 5.73 Å². The lowest BCUT2D eigenvalue weighted by atomic mass is 10.00. The molecule has 0 amide bonds. The molecule has 0 fully saturated rings. The quantitative estimate of drug-likeness (QED) is 0.649. The number of carboxylic acid groups (broad SMARTS) is 1. The summed E-state index contributed by atoms with van der Waals surface area (Å²) in [5.41, 5.74) is 5.40. The number of carbonyl (C=O) groups is 1. The van der Waals surface area contributed by atoms with Crippen molar-refractivity contribution in [2.24, 2.45) is 0 Å². The monoisotopic (exact) mass is 267 g/mol. The maximum Gasteiger partial charge on any atom is 0.337 e. The summed E-state index contributed by atoms with van der Waals surface area (Å²) in [5, 5.41) is 8.90. The molecule has 0 atom stereocenters. The van der Waals surface area contributed by atoms with E-state index in [1.54, 1.807) is 0 Å². The van der Waals surface area contributed by atoms with Gasteiger partial charge >= 0.3 is 5.97 Å². The van der Waals surface area contributed by atoms with Gasteiger partial charge < -0.3 is 10.8 Å². The van der Waals surface area contributed by atoms with Gasteiger partial charge in [-0.15, -0.1) is 0 Å². The minimum atomic E-state index is -1.59. The van der Waals surface area contributed by atoms with Gasteiger partial charge in [-0.3, -0.25) is 0 Å². The first-order valence-corrected chi connectivity index (χ1v) is 5.18. The third-order valence-corrected chi connectivity index (χ3v) is 2.63. The Hall–Kier alpha value is -2.50. The summed E-state index contributed by atoms with van der Waals surface area (Å²) in [6.07, 6.45) is 0. The summed E-state index contributed by atoms with van der Waals surface area (Å²) in [4.78, 5) is 10.9. The van der Waals surface area contributed by atoms with E-state index in [-0.39, 0.29) is 22.4 Å². The van der Waals surface area contributed by atoms with E-state index in [9.17, 15) is 18.0 Å². The molecular formula is C13H8F3NO2. The van der Waals surface area contributed by atoms with Gasteiger partial charge in [0.05, 0.1) is 11.3 Å². The first kappa shape index (κ1) is 12.9. The second kappa shape index (κ2) is 4.64. The van der Waals surface area contributed by atoms with E-state index in [0.717, 1.165) is 12.1 Å². The van der Waals surface area contributed by atoms with Gasteiger partial charge in [0.1, 0.15) is 0 Å². The highest BCUT2D eigenvalue weighted by Crippen LogP contribution is 2.30. The number of hydrogen-bond acceptors (Lipinski definition) is 2. The second-order valence-electron chi connectivity index (χ2n) is 3.83. The van der Waals surface area contributed by atoms with E-state index in [1.165, 1.54) is 18.2 Å². The van der Waals surface area contributed by atoms with E-state index in [1.807, 2.05) is 0 Å². The first-order chi connectivity index (χ1) is 8.91. The molecule has 0 saturated carbocycles. The van der Waals surface area contributed by atoms with Crippen molar-refractivity contribution in [1.82, 2.24) is 0 Å². The first-order valence-electron chi connectivity index (χ1n) is 5.18. The number of nitrogens with two attached hydrogens (primary N) is 1. The molecule has 3 nitrogen and oxygen atoms in total. The van der Waals surface area contributed by atoms with Crippen LogP contribution in [-0.4, -0.2) is 11.1 Å². The van der Waals surface area contributed by atoms with Crippen molar-refractivity contribution in [3.05, 3.63) is 53.3 Å². The van der Waals surface area contributed by atoms with Gasteiger partial charge in [0.2, 0.25) is 0 Å². The zero-order chi connectivity index (χ0) is 14.2. The van der Waals surface area contributed by atoms with Crippen molar-refractivity contribution in [2.45, 2.75) is 0 Å². The molecule has 2 aromatic carbocycles. The standard InChI is InChI=1S/C13H8F3NO2/c14-9-4-6(5-10(15)11(9)16)7-2-1-3-8(12(7)17)13(18)19/h1-5H,17H2,(H,18,19). The van der Waals surface area contributed by atoms with E-state index in [0.29, 0.717) is 0 Å². The highest BCUT2D eigenvalue weighted by molar-refractivity contribution is 5.98. The number of aromatic carboxylic acids is 1. The Balaban J connectivity index is 2.66. The number of rotatable bonds is 2. The van der Waals surface area contributed by atoms with Gasteiger partial charge in [0.15, 0.2) is 17.5 Å². The molecule has 2 aromatic rings. The summed E-state index contributed by atoms with van der Waals surface area (Å²) in [6.45, 7) is 0. The molecule has 0 bridgehead atoms. The van der Waals surface area contributed by atoms with Crippen molar-refractivity contribution in [1.29, 1.82) is 0 Å². The summed E-state index contributed by atoms with van der Waals surface area (Å²) in [7, 11) is 0. The van der Waals surface area contributed by atoms with Crippen LogP contribution in [0.1, 0.15) is 10.4 Å². The molecular weight excluding hydrogens is 259 g/mol. The fourth-order valence-corrected chi connectivity index (χ4v) is 1.71. The Morgan fingerprint density at radius 2 is 1.68 bits per heavy atom. The number of para-hydroxylation sites is 1. The van der Waals surface area contributed by atoms with E-state index in [2.05, 4.69) is 0 Å². The van der Waals surface area contributed by atoms with Gasteiger partial charge in [-0.1, -0.05) is 12.1 Å².